The zero-order valence-electron chi connectivity index (χ0n) is 13.2. The molecule has 0 amide bonds. The lowest BCUT2D eigenvalue weighted by molar-refractivity contribution is 0.334. The zero-order valence-corrected chi connectivity index (χ0v) is 13.2. The fourth-order valence-electron chi connectivity index (χ4n) is 2.74. The molecule has 1 N–H and O–H groups in total. The molecule has 0 bridgehead atoms. The van der Waals surface area contributed by atoms with Gasteiger partial charge in [0.15, 0.2) is 0 Å². The van der Waals surface area contributed by atoms with Crippen molar-refractivity contribution in [3.05, 3.63) is 22.2 Å². The van der Waals surface area contributed by atoms with Crippen molar-refractivity contribution in [2.75, 3.05) is 0 Å². The third kappa shape index (κ3) is 6.97. The van der Waals surface area contributed by atoms with E-state index in [1.165, 1.54) is 57.8 Å². The molecule has 1 atom stereocenters. The summed E-state index contributed by atoms with van der Waals surface area (Å²) in [4.78, 5) is 11.2. The molecule has 0 saturated heterocycles. The minimum atomic E-state index is -0.107. The van der Waals surface area contributed by atoms with Crippen LogP contribution in [0.5, 0.6) is 0 Å². The summed E-state index contributed by atoms with van der Waals surface area (Å²) < 4.78 is 5.32. The molecule has 1 aromatic heterocycles. The van der Waals surface area contributed by atoms with Crippen LogP contribution in [0.15, 0.2) is 15.4 Å². The molecule has 1 rings (SSSR count). The lowest BCUT2D eigenvalue weighted by Crippen LogP contribution is -2.00. The molecule has 0 aliphatic rings. The molecule has 3 heteroatoms. The average Bonchev–Trinajstić information content (AvgIpc) is 2.87. The number of aromatic amines is 1. The van der Waals surface area contributed by atoms with Crippen LogP contribution in [-0.4, -0.2) is 5.16 Å². The molecule has 0 spiro atoms. The van der Waals surface area contributed by atoms with Crippen molar-refractivity contribution in [3.8, 4) is 0 Å². The Bertz CT molecular complexity index is 380. The van der Waals surface area contributed by atoms with E-state index in [1.807, 2.05) is 0 Å². The van der Waals surface area contributed by atoms with Gasteiger partial charge >= 0.3 is 0 Å². The third-order valence-electron chi connectivity index (χ3n) is 4.01. The summed E-state index contributed by atoms with van der Waals surface area (Å²) in [5.74, 6) is 1.29. The second-order valence-corrected chi connectivity index (χ2v) is 5.86. The molecule has 0 aliphatic heterocycles. The number of aromatic nitrogens is 1. The minimum absolute atomic E-state index is 0.107. The number of rotatable bonds is 12. The smallest absolute Gasteiger partial charge is 0.280 e. The maximum atomic E-state index is 11.2. The predicted molar refractivity (Wildman–Crippen MR) is 84.2 cm³/mol. The molecular weight excluding hydrogens is 250 g/mol. The standard InChI is InChI=1S/C17H31NO2/c1-3-5-7-9-11-13-15(12-10-8-6-4-2)16-14-17(19)18-20-16/h14-15H,3-13H2,1-2H3,(H,18,19). The van der Waals surface area contributed by atoms with Gasteiger partial charge in [0.1, 0.15) is 5.76 Å². The Morgan fingerprint density at radius 2 is 1.50 bits per heavy atom. The first-order valence-corrected chi connectivity index (χ1v) is 8.46. The summed E-state index contributed by atoms with van der Waals surface area (Å²) >= 11 is 0. The summed E-state index contributed by atoms with van der Waals surface area (Å²) in [5.41, 5.74) is -0.107. The van der Waals surface area contributed by atoms with Crippen molar-refractivity contribution in [1.82, 2.24) is 5.16 Å². The molecule has 1 unspecified atom stereocenters. The van der Waals surface area contributed by atoms with Crippen LogP contribution in [0.3, 0.4) is 0 Å². The van der Waals surface area contributed by atoms with Crippen molar-refractivity contribution in [2.45, 2.75) is 90.4 Å². The summed E-state index contributed by atoms with van der Waals surface area (Å²) in [6, 6.07) is 1.64. The van der Waals surface area contributed by atoms with Gasteiger partial charge in [0, 0.05) is 12.0 Å². The van der Waals surface area contributed by atoms with Crippen LogP contribution in [-0.2, 0) is 0 Å². The molecule has 20 heavy (non-hydrogen) atoms. The van der Waals surface area contributed by atoms with Crippen LogP contribution in [0.2, 0.25) is 0 Å². The van der Waals surface area contributed by atoms with E-state index in [2.05, 4.69) is 19.0 Å². The Hall–Kier alpha value is -0.990. The predicted octanol–water partition coefficient (Wildman–Crippen LogP) is 5.38. The van der Waals surface area contributed by atoms with Gasteiger partial charge in [-0.1, -0.05) is 71.6 Å². The monoisotopic (exact) mass is 281 g/mol. The van der Waals surface area contributed by atoms with E-state index < -0.39 is 0 Å². The van der Waals surface area contributed by atoms with Crippen molar-refractivity contribution in [3.63, 3.8) is 0 Å². The Balaban J connectivity index is 2.36. The second kappa shape index (κ2) is 10.8. The first-order chi connectivity index (χ1) is 9.77. The molecule has 116 valence electrons. The van der Waals surface area contributed by atoms with Crippen LogP contribution >= 0.6 is 0 Å². The SMILES string of the molecule is CCCCCCCC(CCCCCC)c1cc(=O)[nH]o1. The Kier molecular flexibility index (Phi) is 9.18. The van der Waals surface area contributed by atoms with Crippen molar-refractivity contribution >= 4 is 0 Å². The van der Waals surface area contributed by atoms with Gasteiger partial charge in [0.25, 0.3) is 5.56 Å². The molecule has 3 nitrogen and oxygen atoms in total. The quantitative estimate of drug-likeness (QED) is 0.523. The average molecular weight is 281 g/mol. The summed E-state index contributed by atoms with van der Waals surface area (Å²) in [5, 5.41) is 2.43. The molecule has 0 saturated carbocycles. The van der Waals surface area contributed by atoms with Gasteiger partial charge in [-0.3, -0.25) is 4.79 Å². The first kappa shape index (κ1) is 17.1. The van der Waals surface area contributed by atoms with E-state index in [0.29, 0.717) is 5.92 Å². The van der Waals surface area contributed by atoms with Gasteiger partial charge in [-0.2, -0.15) is 5.16 Å². The molecule has 0 radical (unpaired) electrons. The summed E-state index contributed by atoms with van der Waals surface area (Å²) in [6.07, 6.45) is 13.9. The molecule has 0 aromatic carbocycles. The maximum absolute atomic E-state index is 11.2. The highest BCUT2D eigenvalue weighted by molar-refractivity contribution is 5.01. The highest BCUT2D eigenvalue weighted by atomic mass is 16.5. The molecule has 0 fully saturated rings. The van der Waals surface area contributed by atoms with Gasteiger partial charge < -0.3 is 4.52 Å². The number of nitrogens with one attached hydrogen (secondary N) is 1. The molecule has 0 aliphatic carbocycles. The molecular formula is C17H31NO2. The van der Waals surface area contributed by atoms with Crippen LogP contribution in [0.25, 0.3) is 0 Å². The highest BCUT2D eigenvalue weighted by Crippen LogP contribution is 2.27. The molecule has 1 heterocycles. The topological polar surface area (TPSA) is 46.0 Å². The number of hydrogen-bond donors (Lipinski definition) is 1. The fraction of sp³-hybridized carbons (Fsp3) is 0.824. The fourth-order valence-corrected chi connectivity index (χ4v) is 2.74. The van der Waals surface area contributed by atoms with E-state index in [4.69, 9.17) is 4.52 Å². The van der Waals surface area contributed by atoms with Gasteiger partial charge in [-0.25, -0.2) is 0 Å². The largest absolute Gasteiger partial charge is 0.383 e. The highest BCUT2D eigenvalue weighted by Gasteiger charge is 2.15. The molecule has 1 aromatic rings. The van der Waals surface area contributed by atoms with Gasteiger partial charge in [-0.05, 0) is 12.8 Å². The Morgan fingerprint density at radius 1 is 0.950 bits per heavy atom. The van der Waals surface area contributed by atoms with Crippen molar-refractivity contribution in [1.29, 1.82) is 0 Å². The van der Waals surface area contributed by atoms with E-state index >= 15 is 0 Å². The summed E-state index contributed by atoms with van der Waals surface area (Å²) in [7, 11) is 0. The van der Waals surface area contributed by atoms with Crippen LogP contribution in [0.4, 0.5) is 0 Å². The minimum Gasteiger partial charge on any atom is -0.383 e. The number of unbranched alkanes of at least 4 members (excludes halogenated alkanes) is 7. The van der Waals surface area contributed by atoms with Crippen LogP contribution < -0.4 is 5.56 Å². The van der Waals surface area contributed by atoms with E-state index in [9.17, 15) is 4.79 Å². The van der Waals surface area contributed by atoms with E-state index in [-0.39, 0.29) is 5.56 Å². The van der Waals surface area contributed by atoms with Crippen LogP contribution in [0, 0.1) is 0 Å². The van der Waals surface area contributed by atoms with Gasteiger partial charge in [0.05, 0.1) is 0 Å². The van der Waals surface area contributed by atoms with Crippen LogP contribution in [0.1, 0.15) is 96.2 Å². The normalized spacial score (nSPS) is 12.7. The number of H-pyrrole nitrogens is 1. The lowest BCUT2D eigenvalue weighted by atomic mass is 9.92. The lowest BCUT2D eigenvalue weighted by Gasteiger charge is -2.13. The summed E-state index contributed by atoms with van der Waals surface area (Å²) in [6.45, 7) is 4.47. The van der Waals surface area contributed by atoms with Gasteiger partial charge in [0.2, 0.25) is 0 Å². The first-order valence-electron chi connectivity index (χ1n) is 8.46. The van der Waals surface area contributed by atoms with Crippen molar-refractivity contribution in [2.24, 2.45) is 0 Å². The second-order valence-electron chi connectivity index (χ2n) is 5.86. The third-order valence-corrected chi connectivity index (χ3v) is 4.01. The number of hydrogen-bond acceptors (Lipinski definition) is 2. The van der Waals surface area contributed by atoms with E-state index in [1.54, 1.807) is 6.07 Å². The Morgan fingerprint density at radius 3 is 2.00 bits per heavy atom. The van der Waals surface area contributed by atoms with Crippen molar-refractivity contribution < 1.29 is 4.52 Å². The van der Waals surface area contributed by atoms with E-state index in [0.717, 1.165) is 18.6 Å². The van der Waals surface area contributed by atoms with Gasteiger partial charge in [-0.15, -0.1) is 0 Å². The maximum Gasteiger partial charge on any atom is 0.280 e. The zero-order chi connectivity index (χ0) is 14.6. The Labute approximate surface area is 123 Å².